The Kier molecular flexibility index (Phi) is 5.99. The molecule has 0 spiro atoms. The first-order chi connectivity index (χ1) is 14.4. The van der Waals surface area contributed by atoms with Crippen molar-refractivity contribution in [3.8, 4) is 0 Å². The van der Waals surface area contributed by atoms with Crippen LogP contribution in [0.2, 0.25) is 0 Å². The van der Waals surface area contributed by atoms with Crippen LogP contribution < -0.4 is 4.90 Å². The zero-order chi connectivity index (χ0) is 21.1. The molecule has 152 valence electrons. The molecular formula is C22H17BrN2O3S2. The van der Waals surface area contributed by atoms with Gasteiger partial charge in [-0.1, -0.05) is 75.8 Å². The maximum Gasteiger partial charge on any atom is 0.244 e. The van der Waals surface area contributed by atoms with Crippen molar-refractivity contribution in [1.82, 2.24) is 4.98 Å². The minimum atomic E-state index is -3.76. The number of amides is 1. The van der Waals surface area contributed by atoms with Gasteiger partial charge in [0.15, 0.2) is 15.0 Å². The summed E-state index contributed by atoms with van der Waals surface area (Å²) >= 11 is 4.80. The van der Waals surface area contributed by atoms with E-state index >= 15 is 0 Å². The van der Waals surface area contributed by atoms with Gasteiger partial charge in [-0.2, -0.15) is 0 Å². The van der Waals surface area contributed by atoms with Gasteiger partial charge < -0.3 is 0 Å². The number of aromatic nitrogens is 1. The Hall–Kier alpha value is -2.55. The Balaban J connectivity index is 1.70. The van der Waals surface area contributed by atoms with E-state index in [0.29, 0.717) is 5.13 Å². The number of hydrogen-bond donors (Lipinski definition) is 0. The van der Waals surface area contributed by atoms with E-state index in [1.165, 1.54) is 28.4 Å². The molecule has 0 fully saturated rings. The predicted octanol–water partition coefficient (Wildman–Crippen LogP) is 5.07. The number of fused-ring (bicyclic) bond motifs is 1. The minimum Gasteiger partial charge on any atom is -0.283 e. The third-order valence-electron chi connectivity index (χ3n) is 4.47. The summed E-state index contributed by atoms with van der Waals surface area (Å²) in [5.41, 5.74) is 1.65. The molecule has 8 heteroatoms. The van der Waals surface area contributed by atoms with E-state index in [2.05, 4.69) is 20.9 Å². The molecule has 0 bridgehead atoms. The summed E-state index contributed by atoms with van der Waals surface area (Å²) in [6, 6.07) is 23.2. The van der Waals surface area contributed by atoms with Crippen molar-refractivity contribution in [3.63, 3.8) is 0 Å². The predicted molar refractivity (Wildman–Crippen MR) is 123 cm³/mol. The number of nitrogens with zero attached hydrogens (tertiary/aromatic N) is 2. The number of anilines is 1. The Labute approximate surface area is 187 Å². The fraction of sp³-hybridized carbons (Fsp3) is 0.0909. The molecule has 1 amide bonds. The van der Waals surface area contributed by atoms with Crippen LogP contribution in [0.3, 0.4) is 0 Å². The van der Waals surface area contributed by atoms with Gasteiger partial charge in [0.1, 0.15) is 5.75 Å². The molecule has 3 aromatic carbocycles. The van der Waals surface area contributed by atoms with Gasteiger partial charge in [0, 0.05) is 4.47 Å². The fourth-order valence-corrected chi connectivity index (χ4v) is 5.74. The molecule has 0 N–H and O–H groups in total. The number of sulfone groups is 1. The molecule has 0 saturated heterocycles. The van der Waals surface area contributed by atoms with Crippen LogP contribution in [0.25, 0.3) is 10.2 Å². The molecule has 30 heavy (non-hydrogen) atoms. The second kappa shape index (κ2) is 8.67. The Bertz CT molecular complexity index is 1290. The minimum absolute atomic E-state index is 0.131. The van der Waals surface area contributed by atoms with Gasteiger partial charge in [-0.05, 0) is 35.9 Å². The van der Waals surface area contributed by atoms with Gasteiger partial charge in [-0.3, -0.25) is 9.69 Å². The van der Waals surface area contributed by atoms with E-state index < -0.39 is 21.5 Å². The van der Waals surface area contributed by atoms with E-state index in [9.17, 15) is 13.2 Å². The van der Waals surface area contributed by atoms with Gasteiger partial charge in [-0.25, -0.2) is 13.4 Å². The fourth-order valence-electron chi connectivity index (χ4n) is 2.98. The summed E-state index contributed by atoms with van der Waals surface area (Å²) in [6.45, 7) is 0.241. The third kappa shape index (κ3) is 4.61. The van der Waals surface area contributed by atoms with Gasteiger partial charge in [0.25, 0.3) is 0 Å². The average Bonchev–Trinajstić information content (AvgIpc) is 3.15. The highest BCUT2D eigenvalue weighted by Gasteiger charge is 2.26. The van der Waals surface area contributed by atoms with Crippen molar-refractivity contribution in [2.75, 3.05) is 10.7 Å². The topological polar surface area (TPSA) is 67.3 Å². The molecular weight excluding hydrogens is 484 g/mol. The SMILES string of the molecule is O=C(CS(=O)(=O)c1ccccc1)N(Cc1ccccc1)c1nc2ccc(Br)cc2s1. The van der Waals surface area contributed by atoms with Crippen molar-refractivity contribution in [2.45, 2.75) is 11.4 Å². The summed E-state index contributed by atoms with van der Waals surface area (Å²) in [5.74, 6) is -1.13. The van der Waals surface area contributed by atoms with Crippen LogP contribution in [0.1, 0.15) is 5.56 Å². The van der Waals surface area contributed by atoms with E-state index in [1.807, 2.05) is 48.5 Å². The van der Waals surface area contributed by atoms with Crippen LogP contribution in [-0.2, 0) is 21.2 Å². The van der Waals surface area contributed by atoms with Crippen LogP contribution in [0.5, 0.6) is 0 Å². The van der Waals surface area contributed by atoms with E-state index in [0.717, 1.165) is 20.3 Å². The molecule has 4 aromatic rings. The highest BCUT2D eigenvalue weighted by molar-refractivity contribution is 9.10. The van der Waals surface area contributed by atoms with Gasteiger partial charge >= 0.3 is 0 Å². The first kappa shape index (κ1) is 20.7. The molecule has 0 unspecified atom stereocenters. The highest BCUT2D eigenvalue weighted by atomic mass is 79.9. The third-order valence-corrected chi connectivity index (χ3v) is 7.62. The summed E-state index contributed by atoms with van der Waals surface area (Å²) in [5, 5.41) is 0.472. The molecule has 4 rings (SSSR count). The molecule has 1 aromatic heterocycles. The lowest BCUT2D eigenvalue weighted by molar-refractivity contribution is -0.116. The Morgan fingerprint density at radius 3 is 2.33 bits per heavy atom. The van der Waals surface area contributed by atoms with Crippen LogP contribution >= 0.6 is 27.3 Å². The summed E-state index contributed by atoms with van der Waals surface area (Å²) in [7, 11) is -3.76. The normalized spacial score (nSPS) is 11.5. The largest absolute Gasteiger partial charge is 0.283 e. The number of carbonyl (C=O) groups excluding carboxylic acids is 1. The lowest BCUT2D eigenvalue weighted by atomic mass is 10.2. The number of hydrogen-bond acceptors (Lipinski definition) is 5. The Morgan fingerprint density at radius 1 is 0.967 bits per heavy atom. The number of thiazole rings is 1. The number of carbonyl (C=O) groups is 1. The quantitative estimate of drug-likeness (QED) is 0.370. The maximum absolute atomic E-state index is 13.2. The van der Waals surface area contributed by atoms with Crippen molar-refractivity contribution >= 4 is 58.4 Å². The molecule has 5 nitrogen and oxygen atoms in total. The molecule has 0 saturated carbocycles. The zero-order valence-electron chi connectivity index (χ0n) is 15.7. The molecule has 1 heterocycles. The second-order valence-corrected chi connectivity index (χ2v) is 10.6. The van der Waals surface area contributed by atoms with E-state index in [4.69, 9.17) is 0 Å². The van der Waals surface area contributed by atoms with Crippen LogP contribution in [0, 0.1) is 0 Å². The first-order valence-electron chi connectivity index (χ1n) is 9.10. The van der Waals surface area contributed by atoms with Gasteiger partial charge in [0.05, 0.1) is 21.7 Å². The van der Waals surface area contributed by atoms with Gasteiger partial charge in [0.2, 0.25) is 5.91 Å². The van der Waals surface area contributed by atoms with Crippen molar-refractivity contribution in [1.29, 1.82) is 0 Å². The number of halogens is 1. The summed E-state index contributed by atoms with van der Waals surface area (Å²) in [6.07, 6.45) is 0. The lowest BCUT2D eigenvalue weighted by Crippen LogP contribution is -2.35. The second-order valence-electron chi connectivity index (χ2n) is 6.65. The number of benzene rings is 3. The molecule has 0 atom stereocenters. The number of rotatable bonds is 6. The maximum atomic E-state index is 13.2. The van der Waals surface area contributed by atoms with E-state index in [1.54, 1.807) is 18.2 Å². The van der Waals surface area contributed by atoms with Gasteiger partial charge in [-0.15, -0.1) is 0 Å². The van der Waals surface area contributed by atoms with E-state index in [-0.39, 0.29) is 11.4 Å². The molecule has 0 radical (unpaired) electrons. The lowest BCUT2D eigenvalue weighted by Gasteiger charge is -2.20. The standard InChI is InChI=1S/C22H17BrN2O3S2/c23-17-11-12-19-20(13-17)29-22(24-19)25(14-16-7-3-1-4-8-16)21(26)15-30(27,28)18-9-5-2-6-10-18/h1-13H,14-15H2. The molecule has 0 aliphatic carbocycles. The molecule has 0 aliphatic heterocycles. The average molecular weight is 501 g/mol. The molecule has 0 aliphatic rings. The summed E-state index contributed by atoms with van der Waals surface area (Å²) in [4.78, 5) is 19.4. The van der Waals surface area contributed by atoms with Crippen LogP contribution in [-0.4, -0.2) is 25.1 Å². The first-order valence-corrected chi connectivity index (χ1v) is 12.4. The smallest absolute Gasteiger partial charge is 0.244 e. The highest BCUT2D eigenvalue weighted by Crippen LogP contribution is 2.32. The van der Waals surface area contributed by atoms with Crippen LogP contribution in [0.15, 0.2) is 88.2 Å². The summed E-state index contributed by atoms with van der Waals surface area (Å²) < 4.78 is 27.4. The van der Waals surface area contributed by atoms with Crippen molar-refractivity contribution in [2.24, 2.45) is 0 Å². The van der Waals surface area contributed by atoms with Crippen molar-refractivity contribution in [3.05, 3.63) is 88.9 Å². The zero-order valence-corrected chi connectivity index (χ0v) is 19.0. The van der Waals surface area contributed by atoms with Crippen molar-refractivity contribution < 1.29 is 13.2 Å². The monoisotopic (exact) mass is 500 g/mol. The Morgan fingerprint density at radius 2 is 1.63 bits per heavy atom. The van der Waals surface area contributed by atoms with Crippen LogP contribution in [0.4, 0.5) is 5.13 Å².